The zero-order chi connectivity index (χ0) is 16.4. The highest BCUT2D eigenvalue weighted by atomic mass is 16.6. The third-order valence-electron chi connectivity index (χ3n) is 5.02. The Labute approximate surface area is 142 Å². The molecule has 0 saturated carbocycles. The standard InChI is InChI=1S/C18H24N2O4/c21-18(19-6-8-22-9-7-19)13-20-5-1-2-15(20)14-3-4-16-17(12-14)24-11-10-23-16/h3-4,12,15H,1-2,5-11,13H2/t15-/m1/s1. The molecule has 0 spiro atoms. The second-order valence-corrected chi connectivity index (χ2v) is 6.52. The maximum absolute atomic E-state index is 12.5. The zero-order valence-corrected chi connectivity index (χ0v) is 13.9. The van der Waals surface area contributed by atoms with Crippen LogP contribution >= 0.6 is 0 Å². The summed E-state index contributed by atoms with van der Waals surface area (Å²) >= 11 is 0. The largest absolute Gasteiger partial charge is 0.486 e. The van der Waals surface area contributed by atoms with Gasteiger partial charge in [0.05, 0.1) is 19.8 Å². The third kappa shape index (κ3) is 3.21. The van der Waals surface area contributed by atoms with Crippen molar-refractivity contribution in [3.8, 4) is 11.5 Å². The highest BCUT2D eigenvalue weighted by Gasteiger charge is 2.30. The second-order valence-electron chi connectivity index (χ2n) is 6.52. The van der Waals surface area contributed by atoms with Gasteiger partial charge in [0, 0.05) is 19.1 Å². The number of likely N-dealkylation sites (tertiary alicyclic amines) is 1. The van der Waals surface area contributed by atoms with Crippen LogP contribution < -0.4 is 9.47 Å². The van der Waals surface area contributed by atoms with Gasteiger partial charge >= 0.3 is 0 Å². The van der Waals surface area contributed by atoms with Crippen molar-refractivity contribution >= 4 is 5.91 Å². The van der Waals surface area contributed by atoms with Gasteiger partial charge in [-0.1, -0.05) is 6.07 Å². The van der Waals surface area contributed by atoms with Gasteiger partial charge in [-0.2, -0.15) is 0 Å². The lowest BCUT2D eigenvalue weighted by molar-refractivity contribution is -0.136. The molecule has 1 atom stereocenters. The summed E-state index contributed by atoms with van der Waals surface area (Å²) in [5, 5.41) is 0. The lowest BCUT2D eigenvalue weighted by atomic mass is 10.0. The first-order chi connectivity index (χ1) is 11.8. The molecule has 3 aliphatic rings. The first kappa shape index (κ1) is 15.7. The summed E-state index contributed by atoms with van der Waals surface area (Å²) in [5.74, 6) is 1.85. The molecular formula is C18H24N2O4. The van der Waals surface area contributed by atoms with Gasteiger partial charge in [-0.25, -0.2) is 0 Å². The Morgan fingerprint density at radius 1 is 1.04 bits per heavy atom. The number of ether oxygens (including phenoxy) is 3. The molecule has 0 N–H and O–H groups in total. The summed E-state index contributed by atoms with van der Waals surface area (Å²) in [7, 11) is 0. The molecule has 1 aromatic rings. The van der Waals surface area contributed by atoms with E-state index < -0.39 is 0 Å². The quantitative estimate of drug-likeness (QED) is 0.839. The SMILES string of the molecule is O=C(CN1CCC[C@@H]1c1ccc2c(c1)OCCO2)N1CCOCC1. The summed E-state index contributed by atoms with van der Waals surface area (Å²) in [6.07, 6.45) is 2.20. The highest BCUT2D eigenvalue weighted by Crippen LogP contribution is 2.37. The molecule has 6 heteroatoms. The number of rotatable bonds is 3. The minimum atomic E-state index is 0.211. The third-order valence-corrected chi connectivity index (χ3v) is 5.02. The number of fused-ring (bicyclic) bond motifs is 1. The minimum absolute atomic E-state index is 0.211. The van der Waals surface area contributed by atoms with Crippen molar-refractivity contribution in [3.05, 3.63) is 23.8 Å². The minimum Gasteiger partial charge on any atom is -0.486 e. The molecule has 0 aliphatic carbocycles. The Kier molecular flexibility index (Phi) is 4.58. The average Bonchev–Trinajstić information content (AvgIpc) is 3.10. The van der Waals surface area contributed by atoms with Crippen molar-refractivity contribution in [1.29, 1.82) is 0 Å². The maximum atomic E-state index is 12.5. The number of amides is 1. The topological polar surface area (TPSA) is 51.2 Å². The number of nitrogens with zero attached hydrogens (tertiary/aromatic N) is 2. The number of hydrogen-bond donors (Lipinski definition) is 0. The molecule has 2 fully saturated rings. The smallest absolute Gasteiger partial charge is 0.236 e. The van der Waals surface area contributed by atoms with Crippen molar-refractivity contribution < 1.29 is 19.0 Å². The van der Waals surface area contributed by atoms with Crippen LogP contribution in [0.3, 0.4) is 0 Å². The van der Waals surface area contributed by atoms with E-state index in [4.69, 9.17) is 14.2 Å². The molecule has 6 nitrogen and oxygen atoms in total. The Hall–Kier alpha value is -1.79. The van der Waals surface area contributed by atoms with E-state index in [0.717, 1.165) is 30.9 Å². The lowest BCUT2D eigenvalue weighted by Crippen LogP contribution is -2.45. The van der Waals surface area contributed by atoms with Crippen molar-refractivity contribution in [1.82, 2.24) is 9.80 Å². The van der Waals surface area contributed by atoms with E-state index >= 15 is 0 Å². The monoisotopic (exact) mass is 332 g/mol. The molecule has 0 bridgehead atoms. The van der Waals surface area contributed by atoms with Gasteiger partial charge in [0.2, 0.25) is 5.91 Å². The van der Waals surface area contributed by atoms with Gasteiger partial charge in [-0.05, 0) is 37.1 Å². The fraction of sp³-hybridized carbons (Fsp3) is 0.611. The van der Waals surface area contributed by atoms with Crippen molar-refractivity contribution in [3.63, 3.8) is 0 Å². The molecule has 0 radical (unpaired) electrons. The second kappa shape index (κ2) is 6.99. The maximum Gasteiger partial charge on any atom is 0.236 e. The van der Waals surface area contributed by atoms with Crippen LogP contribution in [0.4, 0.5) is 0 Å². The van der Waals surface area contributed by atoms with Crippen LogP contribution in [0.2, 0.25) is 0 Å². The molecule has 0 unspecified atom stereocenters. The number of carbonyl (C=O) groups is 1. The van der Waals surface area contributed by atoms with Crippen LogP contribution in [-0.2, 0) is 9.53 Å². The van der Waals surface area contributed by atoms with E-state index in [-0.39, 0.29) is 11.9 Å². The fourth-order valence-electron chi connectivity index (χ4n) is 3.75. The van der Waals surface area contributed by atoms with Gasteiger partial charge in [0.25, 0.3) is 0 Å². The van der Waals surface area contributed by atoms with Gasteiger partial charge in [0.1, 0.15) is 13.2 Å². The Morgan fingerprint density at radius 3 is 2.67 bits per heavy atom. The Balaban J connectivity index is 1.45. The molecule has 1 aromatic carbocycles. The molecule has 0 aromatic heterocycles. The average molecular weight is 332 g/mol. The van der Waals surface area contributed by atoms with Gasteiger partial charge in [-0.15, -0.1) is 0 Å². The first-order valence-electron chi connectivity index (χ1n) is 8.80. The summed E-state index contributed by atoms with van der Waals surface area (Å²) in [6.45, 7) is 5.38. The molecule has 4 rings (SSSR count). The predicted octanol–water partition coefficient (Wildman–Crippen LogP) is 1.45. The summed E-state index contributed by atoms with van der Waals surface area (Å²) < 4.78 is 16.6. The molecule has 2 saturated heterocycles. The van der Waals surface area contributed by atoms with Crippen LogP contribution in [0.1, 0.15) is 24.4 Å². The van der Waals surface area contributed by atoms with Crippen molar-refractivity contribution in [2.75, 3.05) is 52.6 Å². The molecule has 3 aliphatic heterocycles. The van der Waals surface area contributed by atoms with Crippen LogP contribution in [0, 0.1) is 0 Å². The van der Waals surface area contributed by atoms with E-state index in [1.807, 2.05) is 11.0 Å². The van der Waals surface area contributed by atoms with E-state index in [9.17, 15) is 4.79 Å². The summed E-state index contributed by atoms with van der Waals surface area (Å²) in [4.78, 5) is 16.8. The molecule has 24 heavy (non-hydrogen) atoms. The number of hydrogen-bond acceptors (Lipinski definition) is 5. The van der Waals surface area contributed by atoms with Gasteiger partial charge in [-0.3, -0.25) is 9.69 Å². The normalized spacial score (nSPS) is 24.2. The van der Waals surface area contributed by atoms with E-state index in [1.54, 1.807) is 0 Å². The molecule has 3 heterocycles. The van der Waals surface area contributed by atoms with Gasteiger partial charge in [0.15, 0.2) is 11.5 Å². The molecular weight excluding hydrogens is 308 g/mol. The number of carbonyl (C=O) groups excluding carboxylic acids is 1. The fourth-order valence-corrected chi connectivity index (χ4v) is 3.75. The van der Waals surface area contributed by atoms with Gasteiger partial charge < -0.3 is 19.1 Å². The van der Waals surface area contributed by atoms with E-state index in [1.165, 1.54) is 5.56 Å². The number of benzene rings is 1. The zero-order valence-electron chi connectivity index (χ0n) is 13.9. The predicted molar refractivity (Wildman–Crippen MR) is 88.4 cm³/mol. The number of morpholine rings is 1. The Morgan fingerprint density at radius 2 is 1.83 bits per heavy atom. The van der Waals surface area contributed by atoms with Crippen LogP contribution in [-0.4, -0.2) is 68.3 Å². The lowest BCUT2D eigenvalue weighted by Gasteiger charge is -2.31. The summed E-state index contributed by atoms with van der Waals surface area (Å²) in [5.41, 5.74) is 1.21. The van der Waals surface area contributed by atoms with Crippen molar-refractivity contribution in [2.45, 2.75) is 18.9 Å². The van der Waals surface area contributed by atoms with E-state index in [0.29, 0.717) is 46.1 Å². The van der Waals surface area contributed by atoms with E-state index in [2.05, 4.69) is 17.0 Å². The Bertz CT molecular complexity index is 601. The molecule has 130 valence electrons. The van der Waals surface area contributed by atoms with Crippen molar-refractivity contribution in [2.24, 2.45) is 0 Å². The first-order valence-corrected chi connectivity index (χ1v) is 8.80. The molecule has 1 amide bonds. The summed E-state index contributed by atoms with van der Waals surface area (Å²) in [6, 6.07) is 6.46. The van der Waals surface area contributed by atoms with Crippen LogP contribution in [0.5, 0.6) is 11.5 Å². The van der Waals surface area contributed by atoms with Crippen LogP contribution in [0.15, 0.2) is 18.2 Å². The van der Waals surface area contributed by atoms with Crippen LogP contribution in [0.25, 0.3) is 0 Å². The highest BCUT2D eigenvalue weighted by molar-refractivity contribution is 5.78.